The Kier molecular flexibility index (Phi) is 2.62. The van der Waals surface area contributed by atoms with Crippen LogP contribution in [0.3, 0.4) is 0 Å². The van der Waals surface area contributed by atoms with Crippen LogP contribution in [0.25, 0.3) is 10.8 Å². The molecule has 0 saturated carbocycles. The van der Waals surface area contributed by atoms with Gasteiger partial charge in [-0.2, -0.15) is 11.8 Å². The van der Waals surface area contributed by atoms with Crippen LogP contribution >= 0.6 is 11.8 Å². The molecular formula is C14H15NS. The minimum Gasteiger partial charge on any atom is -0.324 e. The van der Waals surface area contributed by atoms with E-state index < -0.39 is 0 Å². The highest BCUT2D eigenvalue weighted by Crippen LogP contribution is 2.33. The molecule has 0 radical (unpaired) electrons. The largest absolute Gasteiger partial charge is 0.324 e. The molecule has 0 aromatic heterocycles. The fourth-order valence-corrected chi connectivity index (χ4v) is 3.49. The molecule has 1 aliphatic heterocycles. The van der Waals surface area contributed by atoms with Crippen LogP contribution in [0.2, 0.25) is 0 Å². The van der Waals surface area contributed by atoms with Crippen molar-refractivity contribution in [2.75, 3.05) is 5.75 Å². The first-order valence-electron chi connectivity index (χ1n) is 5.70. The van der Waals surface area contributed by atoms with Gasteiger partial charge in [-0.1, -0.05) is 36.4 Å². The topological polar surface area (TPSA) is 26.0 Å². The van der Waals surface area contributed by atoms with E-state index >= 15 is 0 Å². The summed E-state index contributed by atoms with van der Waals surface area (Å²) in [6.07, 6.45) is 1.09. The third kappa shape index (κ3) is 1.62. The first-order chi connectivity index (χ1) is 7.86. The van der Waals surface area contributed by atoms with Crippen LogP contribution in [0, 0.1) is 0 Å². The number of thioether (sulfide) groups is 1. The molecule has 0 bridgehead atoms. The van der Waals surface area contributed by atoms with Crippen molar-refractivity contribution in [3.05, 3.63) is 47.5 Å². The summed E-state index contributed by atoms with van der Waals surface area (Å²) in [6, 6.07) is 13.2. The zero-order valence-electron chi connectivity index (χ0n) is 9.15. The molecule has 1 aliphatic rings. The summed E-state index contributed by atoms with van der Waals surface area (Å²) < 4.78 is 0. The summed E-state index contributed by atoms with van der Waals surface area (Å²) in [5.74, 6) is 2.27. The Hall–Kier alpha value is -0.990. The van der Waals surface area contributed by atoms with Crippen molar-refractivity contribution in [3.8, 4) is 0 Å². The minimum atomic E-state index is 0.217. The zero-order valence-corrected chi connectivity index (χ0v) is 9.96. The third-order valence-corrected chi connectivity index (χ3v) is 4.31. The van der Waals surface area contributed by atoms with Gasteiger partial charge in [0.2, 0.25) is 0 Å². The van der Waals surface area contributed by atoms with Gasteiger partial charge in [-0.15, -0.1) is 0 Å². The molecule has 0 saturated heterocycles. The number of hydrogen-bond donors (Lipinski definition) is 1. The normalized spacial score (nSPS) is 20.4. The highest BCUT2D eigenvalue weighted by molar-refractivity contribution is 7.98. The van der Waals surface area contributed by atoms with Gasteiger partial charge in [-0.3, -0.25) is 0 Å². The van der Waals surface area contributed by atoms with Gasteiger partial charge in [0.05, 0.1) is 0 Å². The number of fused-ring (bicyclic) bond motifs is 3. The average molecular weight is 229 g/mol. The Labute approximate surface area is 100 Å². The lowest BCUT2D eigenvalue weighted by molar-refractivity contribution is 0.707. The highest BCUT2D eigenvalue weighted by Gasteiger charge is 2.16. The standard InChI is InChI=1S/C14H15NS/c15-14-7-8-16-9-13-11-4-2-1-3-10(11)5-6-12(13)14/h1-6,14H,7-9,15H2. The average Bonchev–Trinajstić information content (AvgIpc) is 2.52. The molecule has 0 fully saturated rings. The monoisotopic (exact) mass is 229 g/mol. The predicted octanol–water partition coefficient (Wildman–Crippen LogP) is 3.48. The molecule has 16 heavy (non-hydrogen) atoms. The van der Waals surface area contributed by atoms with E-state index in [0.29, 0.717) is 0 Å². The molecule has 0 spiro atoms. The highest BCUT2D eigenvalue weighted by atomic mass is 32.2. The Bertz CT molecular complexity index is 521. The zero-order chi connectivity index (χ0) is 11.0. The molecule has 3 rings (SSSR count). The third-order valence-electron chi connectivity index (χ3n) is 3.30. The van der Waals surface area contributed by atoms with Crippen molar-refractivity contribution in [3.63, 3.8) is 0 Å². The Balaban J connectivity index is 2.28. The molecule has 0 amide bonds. The van der Waals surface area contributed by atoms with Crippen molar-refractivity contribution in [1.29, 1.82) is 0 Å². The van der Waals surface area contributed by atoms with E-state index in [9.17, 15) is 0 Å². The van der Waals surface area contributed by atoms with E-state index in [2.05, 4.69) is 36.4 Å². The van der Waals surface area contributed by atoms with E-state index in [1.165, 1.54) is 27.7 Å². The maximum atomic E-state index is 6.22. The summed E-state index contributed by atoms with van der Waals surface area (Å²) in [6.45, 7) is 0. The van der Waals surface area contributed by atoms with Gasteiger partial charge in [-0.05, 0) is 34.1 Å². The van der Waals surface area contributed by atoms with E-state index in [1.807, 2.05) is 11.8 Å². The van der Waals surface area contributed by atoms with Gasteiger partial charge in [0, 0.05) is 11.8 Å². The van der Waals surface area contributed by atoms with Crippen LogP contribution in [0.1, 0.15) is 23.6 Å². The molecule has 82 valence electrons. The maximum Gasteiger partial charge on any atom is 0.0306 e. The first kappa shape index (κ1) is 10.2. The van der Waals surface area contributed by atoms with Crippen molar-refractivity contribution in [2.24, 2.45) is 5.73 Å². The molecule has 2 aromatic carbocycles. The summed E-state index contributed by atoms with van der Waals surface area (Å²) in [7, 11) is 0. The number of hydrogen-bond acceptors (Lipinski definition) is 2. The van der Waals surface area contributed by atoms with Gasteiger partial charge in [0.25, 0.3) is 0 Å². The molecule has 0 aliphatic carbocycles. The van der Waals surface area contributed by atoms with E-state index in [1.54, 1.807) is 0 Å². The molecule has 1 heterocycles. The van der Waals surface area contributed by atoms with Gasteiger partial charge in [-0.25, -0.2) is 0 Å². The molecular weight excluding hydrogens is 214 g/mol. The van der Waals surface area contributed by atoms with E-state index in [0.717, 1.165) is 12.2 Å². The molecule has 2 aromatic rings. The van der Waals surface area contributed by atoms with Crippen LogP contribution in [0.5, 0.6) is 0 Å². The van der Waals surface area contributed by atoms with Gasteiger partial charge >= 0.3 is 0 Å². The van der Waals surface area contributed by atoms with Crippen LogP contribution < -0.4 is 5.73 Å². The quantitative estimate of drug-likeness (QED) is 0.748. The predicted molar refractivity (Wildman–Crippen MR) is 71.7 cm³/mol. The molecule has 1 nitrogen and oxygen atoms in total. The Morgan fingerprint density at radius 3 is 2.94 bits per heavy atom. The van der Waals surface area contributed by atoms with Crippen LogP contribution in [0.15, 0.2) is 36.4 Å². The van der Waals surface area contributed by atoms with Crippen LogP contribution in [-0.4, -0.2) is 5.75 Å². The summed E-state index contributed by atoms with van der Waals surface area (Å²) >= 11 is 2.00. The minimum absolute atomic E-state index is 0.217. The fraction of sp³-hybridized carbons (Fsp3) is 0.286. The molecule has 2 heteroatoms. The number of rotatable bonds is 0. The van der Waals surface area contributed by atoms with Gasteiger partial charge in [0.15, 0.2) is 0 Å². The van der Waals surface area contributed by atoms with Crippen molar-refractivity contribution in [2.45, 2.75) is 18.2 Å². The Morgan fingerprint density at radius 2 is 2.00 bits per heavy atom. The first-order valence-corrected chi connectivity index (χ1v) is 6.85. The Morgan fingerprint density at radius 1 is 1.12 bits per heavy atom. The molecule has 1 unspecified atom stereocenters. The smallest absolute Gasteiger partial charge is 0.0306 e. The second-order valence-corrected chi connectivity index (χ2v) is 5.41. The number of benzene rings is 2. The van der Waals surface area contributed by atoms with Crippen LogP contribution in [0.4, 0.5) is 0 Å². The van der Waals surface area contributed by atoms with E-state index in [-0.39, 0.29) is 6.04 Å². The fourth-order valence-electron chi connectivity index (χ4n) is 2.40. The maximum absolute atomic E-state index is 6.22. The van der Waals surface area contributed by atoms with Crippen molar-refractivity contribution < 1.29 is 0 Å². The summed E-state index contributed by atoms with van der Waals surface area (Å²) in [5.41, 5.74) is 9.03. The SMILES string of the molecule is NC1CCSCc2c1ccc1ccccc21. The second-order valence-electron chi connectivity index (χ2n) is 4.30. The second kappa shape index (κ2) is 4.11. The summed E-state index contributed by atoms with van der Waals surface area (Å²) in [5, 5.41) is 2.71. The summed E-state index contributed by atoms with van der Waals surface area (Å²) in [4.78, 5) is 0. The van der Waals surface area contributed by atoms with Crippen molar-refractivity contribution >= 4 is 22.5 Å². The van der Waals surface area contributed by atoms with Crippen LogP contribution in [-0.2, 0) is 5.75 Å². The molecule has 1 atom stereocenters. The van der Waals surface area contributed by atoms with E-state index in [4.69, 9.17) is 5.73 Å². The lowest BCUT2D eigenvalue weighted by atomic mass is 9.95. The lowest BCUT2D eigenvalue weighted by Gasteiger charge is -2.14. The van der Waals surface area contributed by atoms with Gasteiger partial charge in [0.1, 0.15) is 0 Å². The van der Waals surface area contributed by atoms with Crippen molar-refractivity contribution in [1.82, 2.24) is 0 Å². The van der Waals surface area contributed by atoms with Gasteiger partial charge < -0.3 is 5.73 Å². The number of nitrogens with two attached hydrogens (primary N) is 1. The molecule has 2 N–H and O–H groups in total. The lowest BCUT2D eigenvalue weighted by Crippen LogP contribution is -2.11.